The normalized spacial score (nSPS) is 11.7. The second-order valence-electron chi connectivity index (χ2n) is 5.58. The van der Waals surface area contributed by atoms with Gasteiger partial charge in [0.05, 0.1) is 12.4 Å². The van der Waals surface area contributed by atoms with E-state index in [9.17, 15) is 9.59 Å². The maximum absolute atomic E-state index is 12.3. The Hall–Kier alpha value is -2.76. The molecule has 0 aliphatic heterocycles. The van der Waals surface area contributed by atoms with Gasteiger partial charge in [0.1, 0.15) is 5.69 Å². The zero-order valence-electron chi connectivity index (χ0n) is 13.6. The first-order valence-electron chi connectivity index (χ1n) is 8.00. The van der Waals surface area contributed by atoms with E-state index in [4.69, 9.17) is 5.11 Å². The van der Waals surface area contributed by atoms with Crippen molar-refractivity contribution in [3.63, 3.8) is 0 Å². The van der Waals surface area contributed by atoms with Crippen molar-refractivity contribution in [2.75, 3.05) is 0 Å². The first-order valence-corrected chi connectivity index (χ1v) is 8.00. The second kappa shape index (κ2) is 8.76. The summed E-state index contributed by atoms with van der Waals surface area (Å²) in [5.41, 5.74) is 1.18. The molecule has 1 aromatic heterocycles. The molecule has 1 aromatic carbocycles. The third kappa shape index (κ3) is 5.15. The van der Waals surface area contributed by atoms with Crippen molar-refractivity contribution in [2.24, 2.45) is 0 Å². The third-order valence-corrected chi connectivity index (χ3v) is 3.70. The van der Waals surface area contributed by atoms with Crippen molar-refractivity contribution < 1.29 is 14.7 Å². The van der Waals surface area contributed by atoms with Crippen LogP contribution in [0.3, 0.4) is 0 Å². The van der Waals surface area contributed by atoms with Gasteiger partial charge in [-0.3, -0.25) is 4.79 Å². The molecule has 126 valence electrons. The fourth-order valence-electron chi connectivity index (χ4n) is 2.44. The maximum Gasteiger partial charge on any atom is 0.356 e. The molecule has 24 heavy (non-hydrogen) atoms. The Morgan fingerprint density at radius 3 is 2.33 bits per heavy atom. The summed E-state index contributed by atoms with van der Waals surface area (Å²) in [6, 6.07) is 10.2. The number of carbonyl (C=O) groups is 2. The summed E-state index contributed by atoms with van der Waals surface area (Å²) in [5, 5.41) is 11.8. The number of amides is 1. The van der Waals surface area contributed by atoms with Crippen LogP contribution in [-0.2, 0) is 6.42 Å². The molecule has 0 bridgehead atoms. The minimum Gasteiger partial charge on any atom is -0.476 e. The summed E-state index contributed by atoms with van der Waals surface area (Å²) in [4.78, 5) is 30.6. The van der Waals surface area contributed by atoms with Gasteiger partial charge in [0.2, 0.25) is 0 Å². The van der Waals surface area contributed by atoms with Crippen LogP contribution in [0.2, 0.25) is 0 Å². The zero-order valence-corrected chi connectivity index (χ0v) is 13.6. The number of carboxylic acids is 1. The second-order valence-corrected chi connectivity index (χ2v) is 5.58. The van der Waals surface area contributed by atoms with Crippen molar-refractivity contribution in [3.05, 3.63) is 59.7 Å². The number of aryl methyl sites for hydroxylation is 1. The zero-order chi connectivity index (χ0) is 17.4. The van der Waals surface area contributed by atoms with E-state index in [0.29, 0.717) is 0 Å². The summed E-state index contributed by atoms with van der Waals surface area (Å²) in [6.07, 6.45) is 5.84. The Bertz CT molecular complexity index is 672. The number of nitrogens with one attached hydrogen (secondary N) is 1. The largest absolute Gasteiger partial charge is 0.476 e. The number of nitrogens with zero attached hydrogens (tertiary/aromatic N) is 2. The Labute approximate surface area is 141 Å². The smallest absolute Gasteiger partial charge is 0.356 e. The van der Waals surface area contributed by atoms with Crippen molar-refractivity contribution >= 4 is 11.9 Å². The SMILES string of the molecule is CCCC(CCc1ccccc1)NC(=O)c1cnc(C(=O)O)cn1. The van der Waals surface area contributed by atoms with Gasteiger partial charge < -0.3 is 10.4 Å². The van der Waals surface area contributed by atoms with Crippen LogP contribution in [0.15, 0.2) is 42.7 Å². The molecule has 1 amide bonds. The molecule has 2 aromatic rings. The first kappa shape index (κ1) is 17.6. The minimum absolute atomic E-state index is 0.0451. The highest BCUT2D eigenvalue weighted by molar-refractivity contribution is 5.92. The number of aromatic carboxylic acids is 1. The van der Waals surface area contributed by atoms with Gasteiger partial charge in [0, 0.05) is 6.04 Å². The maximum atomic E-state index is 12.3. The molecule has 0 fully saturated rings. The number of rotatable bonds is 8. The van der Waals surface area contributed by atoms with Crippen LogP contribution < -0.4 is 5.32 Å². The molecule has 1 atom stereocenters. The molecule has 0 aliphatic rings. The summed E-state index contributed by atoms with van der Waals surface area (Å²) in [5.74, 6) is -1.49. The average Bonchev–Trinajstić information content (AvgIpc) is 2.60. The highest BCUT2D eigenvalue weighted by atomic mass is 16.4. The molecule has 6 nitrogen and oxygen atoms in total. The van der Waals surface area contributed by atoms with Gasteiger partial charge in [-0.15, -0.1) is 0 Å². The number of hydrogen-bond acceptors (Lipinski definition) is 4. The molecule has 2 rings (SSSR count). The lowest BCUT2D eigenvalue weighted by Gasteiger charge is -2.18. The van der Waals surface area contributed by atoms with E-state index in [0.717, 1.165) is 31.9 Å². The van der Waals surface area contributed by atoms with Crippen molar-refractivity contribution in [1.29, 1.82) is 0 Å². The van der Waals surface area contributed by atoms with Crippen molar-refractivity contribution in [3.8, 4) is 0 Å². The molecule has 0 spiro atoms. The molecule has 0 saturated heterocycles. The molecule has 6 heteroatoms. The van der Waals surface area contributed by atoms with Gasteiger partial charge in [-0.1, -0.05) is 43.7 Å². The van der Waals surface area contributed by atoms with Crippen LogP contribution in [0.1, 0.15) is 52.7 Å². The molecule has 0 aliphatic carbocycles. The van der Waals surface area contributed by atoms with Gasteiger partial charge in [-0.05, 0) is 24.8 Å². The highest BCUT2D eigenvalue weighted by Crippen LogP contribution is 2.09. The van der Waals surface area contributed by atoms with E-state index in [2.05, 4.69) is 34.3 Å². The number of carboxylic acid groups (broad SMARTS) is 1. The number of carbonyl (C=O) groups excluding carboxylic acids is 1. The lowest BCUT2D eigenvalue weighted by Crippen LogP contribution is -2.35. The monoisotopic (exact) mass is 327 g/mol. The van der Waals surface area contributed by atoms with Gasteiger partial charge in [-0.2, -0.15) is 0 Å². The average molecular weight is 327 g/mol. The van der Waals surface area contributed by atoms with Gasteiger partial charge in [-0.25, -0.2) is 14.8 Å². The summed E-state index contributed by atoms with van der Waals surface area (Å²) >= 11 is 0. The Morgan fingerprint density at radius 1 is 1.08 bits per heavy atom. The predicted octanol–water partition coefficient (Wildman–Crippen LogP) is 2.71. The summed E-state index contributed by atoms with van der Waals surface area (Å²) < 4.78 is 0. The van der Waals surface area contributed by atoms with E-state index in [1.807, 2.05) is 18.2 Å². The van der Waals surface area contributed by atoms with Crippen molar-refractivity contribution in [2.45, 2.75) is 38.6 Å². The van der Waals surface area contributed by atoms with Crippen LogP contribution in [0, 0.1) is 0 Å². The lowest BCUT2D eigenvalue weighted by molar-refractivity contribution is 0.0688. The van der Waals surface area contributed by atoms with E-state index < -0.39 is 5.97 Å². The Balaban J connectivity index is 1.95. The number of benzene rings is 1. The fraction of sp³-hybridized carbons (Fsp3) is 0.333. The van der Waals surface area contributed by atoms with E-state index in [1.165, 1.54) is 11.8 Å². The third-order valence-electron chi connectivity index (χ3n) is 3.70. The summed E-state index contributed by atoms with van der Waals surface area (Å²) in [6.45, 7) is 2.07. The van der Waals surface area contributed by atoms with Crippen LogP contribution in [0.25, 0.3) is 0 Å². The highest BCUT2D eigenvalue weighted by Gasteiger charge is 2.15. The van der Waals surface area contributed by atoms with Crippen molar-refractivity contribution in [1.82, 2.24) is 15.3 Å². The van der Waals surface area contributed by atoms with Gasteiger partial charge in [0.25, 0.3) is 5.91 Å². The van der Waals surface area contributed by atoms with Crippen LogP contribution in [0.5, 0.6) is 0 Å². The van der Waals surface area contributed by atoms with Gasteiger partial charge >= 0.3 is 5.97 Å². The van der Waals surface area contributed by atoms with E-state index >= 15 is 0 Å². The number of aromatic nitrogens is 2. The van der Waals surface area contributed by atoms with Gasteiger partial charge in [0.15, 0.2) is 5.69 Å². The molecule has 0 radical (unpaired) electrons. The lowest BCUT2D eigenvalue weighted by atomic mass is 10.0. The molecule has 2 N–H and O–H groups in total. The van der Waals surface area contributed by atoms with E-state index in [1.54, 1.807) is 0 Å². The molecular formula is C18H21N3O3. The van der Waals surface area contributed by atoms with E-state index in [-0.39, 0.29) is 23.3 Å². The fourth-order valence-corrected chi connectivity index (χ4v) is 2.44. The molecule has 0 saturated carbocycles. The minimum atomic E-state index is -1.17. The molecule has 1 unspecified atom stereocenters. The molecular weight excluding hydrogens is 306 g/mol. The van der Waals surface area contributed by atoms with Crippen LogP contribution in [-0.4, -0.2) is 33.0 Å². The van der Waals surface area contributed by atoms with Crippen LogP contribution >= 0.6 is 0 Å². The number of hydrogen-bond donors (Lipinski definition) is 2. The Kier molecular flexibility index (Phi) is 6.42. The predicted molar refractivity (Wildman–Crippen MR) is 89.9 cm³/mol. The standard InChI is InChI=1S/C18H21N3O3/c1-2-6-14(10-9-13-7-4-3-5-8-13)21-17(22)15-11-20-16(12-19-15)18(23)24/h3-5,7-8,11-12,14H,2,6,9-10H2,1H3,(H,21,22)(H,23,24). The topological polar surface area (TPSA) is 92.2 Å². The first-order chi connectivity index (χ1) is 11.6. The van der Waals surface area contributed by atoms with Crippen LogP contribution in [0.4, 0.5) is 0 Å². The Morgan fingerprint density at radius 2 is 1.75 bits per heavy atom. The molecule has 1 heterocycles. The quantitative estimate of drug-likeness (QED) is 0.777. The summed E-state index contributed by atoms with van der Waals surface area (Å²) in [7, 11) is 0.